The highest BCUT2D eigenvalue weighted by Gasteiger charge is 2.56. The van der Waals surface area contributed by atoms with E-state index in [1.807, 2.05) is 6.07 Å². The zero-order valence-electron chi connectivity index (χ0n) is 18.3. The molecule has 31 heavy (non-hydrogen) atoms. The number of carbonyl (C=O) groups is 2. The van der Waals surface area contributed by atoms with Crippen molar-refractivity contribution in [3.8, 4) is 0 Å². The highest BCUT2D eigenvalue weighted by molar-refractivity contribution is 6.15. The Hall–Kier alpha value is -3.41. The summed E-state index contributed by atoms with van der Waals surface area (Å²) in [5, 5.41) is 7.58. The molecule has 1 spiro atoms. The molecule has 0 radical (unpaired) electrons. The first-order chi connectivity index (χ1) is 14.8. The van der Waals surface area contributed by atoms with Crippen LogP contribution in [0.5, 0.6) is 0 Å². The molecule has 5 rings (SSSR count). The number of hydrogen-bond donors (Lipinski definition) is 1. The molecule has 3 heterocycles. The van der Waals surface area contributed by atoms with Crippen LogP contribution in [0.15, 0.2) is 48.7 Å². The van der Waals surface area contributed by atoms with Crippen LogP contribution >= 0.6 is 0 Å². The fourth-order valence-corrected chi connectivity index (χ4v) is 4.82. The summed E-state index contributed by atoms with van der Waals surface area (Å²) in [6.07, 6.45) is 1.85. The van der Waals surface area contributed by atoms with E-state index < -0.39 is 5.41 Å². The molecule has 158 valence electrons. The Balaban J connectivity index is 1.67. The number of rotatable bonds is 3. The normalized spacial score (nSPS) is 19.7. The Morgan fingerprint density at radius 3 is 2.55 bits per heavy atom. The maximum Gasteiger partial charge on any atom is 0.242 e. The van der Waals surface area contributed by atoms with Gasteiger partial charge in [0.15, 0.2) is 0 Å². The number of anilines is 2. The van der Waals surface area contributed by atoms with Crippen molar-refractivity contribution in [3.05, 3.63) is 76.5 Å². The van der Waals surface area contributed by atoms with Crippen molar-refractivity contribution in [3.63, 3.8) is 0 Å². The zero-order chi connectivity index (χ0) is 21.9. The Morgan fingerprint density at radius 2 is 1.84 bits per heavy atom. The van der Waals surface area contributed by atoms with Gasteiger partial charge in [0, 0.05) is 24.7 Å². The topological polar surface area (TPSA) is 67.2 Å². The van der Waals surface area contributed by atoms with E-state index in [0.717, 1.165) is 27.9 Å². The van der Waals surface area contributed by atoms with Crippen molar-refractivity contribution in [2.45, 2.75) is 45.1 Å². The maximum absolute atomic E-state index is 13.6. The summed E-state index contributed by atoms with van der Waals surface area (Å²) in [6.45, 7) is 6.84. The van der Waals surface area contributed by atoms with Crippen LogP contribution in [-0.4, -0.2) is 28.6 Å². The average Bonchev–Trinajstić information content (AvgIpc) is 3.23. The van der Waals surface area contributed by atoms with Gasteiger partial charge in [0.25, 0.3) is 0 Å². The minimum Gasteiger partial charge on any atom is -0.314 e. The lowest BCUT2D eigenvalue weighted by molar-refractivity contribution is -0.126. The molecule has 0 saturated carbocycles. The third kappa shape index (κ3) is 2.81. The first-order valence-electron chi connectivity index (χ1n) is 10.7. The maximum atomic E-state index is 13.6. The average molecular weight is 415 g/mol. The molecule has 1 aromatic heterocycles. The number of aromatic nitrogens is 2. The van der Waals surface area contributed by atoms with Gasteiger partial charge in [-0.15, -0.1) is 0 Å². The molecule has 2 aromatic carbocycles. The van der Waals surface area contributed by atoms with Crippen LogP contribution in [0.3, 0.4) is 0 Å². The lowest BCUT2D eigenvalue weighted by Gasteiger charge is -2.32. The van der Waals surface area contributed by atoms with E-state index in [1.165, 1.54) is 5.56 Å². The SMILES string of the molecule is Cc1ccc(Cn2ncc3c2NC(=O)C[C@]32C(=O)N(C)c3ccc(C(C)C)cc32)cc1. The van der Waals surface area contributed by atoms with Crippen LogP contribution in [0.25, 0.3) is 0 Å². The van der Waals surface area contributed by atoms with E-state index in [2.05, 4.69) is 67.6 Å². The summed E-state index contributed by atoms with van der Waals surface area (Å²) in [7, 11) is 1.79. The molecule has 1 N–H and O–H groups in total. The second-order valence-electron chi connectivity index (χ2n) is 8.98. The number of amides is 2. The molecule has 1 atom stereocenters. The minimum atomic E-state index is -1.03. The molecule has 2 amide bonds. The number of hydrogen-bond acceptors (Lipinski definition) is 3. The fraction of sp³-hybridized carbons (Fsp3) is 0.320. The van der Waals surface area contributed by atoms with Crippen LogP contribution in [0, 0.1) is 6.92 Å². The molecule has 3 aromatic rings. The molecule has 0 unspecified atom stereocenters. The Morgan fingerprint density at radius 1 is 1.10 bits per heavy atom. The molecule has 0 bridgehead atoms. The van der Waals surface area contributed by atoms with E-state index >= 15 is 0 Å². The highest BCUT2D eigenvalue weighted by atomic mass is 16.2. The Bertz CT molecular complexity index is 1210. The van der Waals surface area contributed by atoms with Gasteiger partial charge < -0.3 is 10.2 Å². The van der Waals surface area contributed by atoms with Crippen molar-refractivity contribution in [1.82, 2.24) is 9.78 Å². The van der Waals surface area contributed by atoms with E-state index in [0.29, 0.717) is 18.3 Å². The monoisotopic (exact) mass is 414 g/mol. The Kier molecular flexibility index (Phi) is 4.29. The molecule has 6 heteroatoms. The molecule has 6 nitrogen and oxygen atoms in total. The number of fused-ring (bicyclic) bond motifs is 4. The smallest absolute Gasteiger partial charge is 0.242 e. The van der Waals surface area contributed by atoms with E-state index in [4.69, 9.17) is 0 Å². The second-order valence-corrected chi connectivity index (χ2v) is 8.98. The van der Waals surface area contributed by atoms with Gasteiger partial charge in [-0.25, -0.2) is 4.68 Å². The summed E-state index contributed by atoms with van der Waals surface area (Å²) in [4.78, 5) is 28.2. The Labute approximate surface area is 181 Å². The van der Waals surface area contributed by atoms with Gasteiger partial charge in [-0.05, 0) is 35.6 Å². The van der Waals surface area contributed by atoms with Crippen LogP contribution in [-0.2, 0) is 21.5 Å². The fourth-order valence-electron chi connectivity index (χ4n) is 4.82. The third-order valence-corrected chi connectivity index (χ3v) is 6.61. The van der Waals surface area contributed by atoms with Gasteiger partial charge in [0.05, 0.1) is 12.7 Å². The van der Waals surface area contributed by atoms with E-state index in [-0.39, 0.29) is 18.2 Å². The summed E-state index contributed by atoms with van der Waals surface area (Å²) >= 11 is 0. The molecular weight excluding hydrogens is 388 g/mol. The molecule has 0 fully saturated rings. The van der Waals surface area contributed by atoms with Crippen LogP contribution in [0.4, 0.5) is 11.5 Å². The first kappa shape index (κ1) is 19.5. The number of carbonyl (C=O) groups excluding carboxylic acids is 2. The summed E-state index contributed by atoms with van der Waals surface area (Å²) in [5.41, 5.74) is 4.94. The van der Waals surface area contributed by atoms with Gasteiger partial charge in [-0.1, -0.05) is 55.8 Å². The van der Waals surface area contributed by atoms with Gasteiger partial charge in [-0.3, -0.25) is 9.59 Å². The largest absolute Gasteiger partial charge is 0.314 e. The van der Waals surface area contributed by atoms with Crippen molar-refractivity contribution in [1.29, 1.82) is 0 Å². The number of nitrogens with zero attached hydrogens (tertiary/aromatic N) is 3. The quantitative estimate of drug-likeness (QED) is 0.705. The van der Waals surface area contributed by atoms with Gasteiger partial charge in [0.2, 0.25) is 11.8 Å². The lowest BCUT2D eigenvalue weighted by atomic mass is 9.71. The predicted octanol–water partition coefficient (Wildman–Crippen LogP) is 3.97. The van der Waals surface area contributed by atoms with Gasteiger partial charge >= 0.3 is 0 Å². The minimum absolute atomic E-state index is 0.0746. The van der Waals surface area contributed by atoms with Crippen molar-refractivity contribution in [2.75, 3.05) is 17.3 Å². The molecular formula is C25H26N4O2. The van der Waals surface area contributed by atoms with Crippen molar-refractivity contribution in [2.24, 2.45) is 0 Å². The molecule has 2 aliphatic rings. The first-order valence-corrected chi connectivity index (χ1v) is 10.7. The van der Waals surface area contributed by atoms with Crippen LogP contribution in [0.1, 0.15) is 54.0 Å². The summed E-state index contributed by atoms with van der Waals surface area (Å²) in [6, 6.07) is 14.4. The van der Waals surface area contributed by atoms with E-state index in [1.54, 1.807) is 22.8 Å². The number of nitrogens with one attached hydrogen (secondary N) is 1. The summed E-state index contributed by atoms with van der Waals surface area (Å²) < 4.78 is 1.79. The van der Waals surface area contributed by atoms with Gasteiger partial charge in [-0.2, -0.15) is 5.10 Å². The highest BCUT2D eigenvalue weighted by Crippen LogP contribution is 2.52. The van der Waals surface area contributed by atoms with Gasteiger partial charge in [0.1, 0.15) is 11.2 Å². The predicted molar refractivity (Wildman–Crippen MR) is 120 cm³/mol. The van der Waals surface area contributed by atoms with Crippen molar-refractivity contribution < 1.29 is 9.59 Å². The van der Waals surface area contributed by atoms with Crippen LogP contribution in [0.2, 0.25) is 0 Å². The molecule has 0 aliphatic carbocycles. The number of likely N-dealkylation sites (N-methyl/N-ethyl adjacent to an activating group) is 1. The van der Waals surface area contributed by atoms with Crippen LogP contribution < -0.4 is 10.2 Å². The second kappa shape index (κ2) is 6.80. The summed E-state index contributed by atoms with van der Waals surface area (Å²) in [5.74, 6) is 0.697. The third-order valence-electron chi connectivity index (χ3n) is 6.61. The van der Waals surface area contributed by atoms with E-state index in [9.17, 15) is 9.59 Å². The zero-order valence-corrected chi connectivity index (χ0v) is 18.3. The molecule has 0 saturated heterocycles. The number of benzene rings is 2. The molecule has 2 aliphatic heterocycles. The van der Waals surface area contributed by atoms with Crippen molar-refractivity contribution >= 4 is 23.3 Å². The standard InChI is InChI=1S/C25H26N4O2/c1-15(2)18-9-10-21-19(11-18)25(24(31)28(21)4)12-22(30)27-23-20(25)13-26-29(23)14-17-7-5-16(3)6-8-17/h5-11,13,15H,12,14H2,1-4H3,(H,27,30)/t25-/m1/s1. The number of aryl methyl sites for hydroxylation is 1. The lowest BCUT2D eigenvalue weighted by Crippen LogP contribution is -2.45.